The summed E-state index contributed by atoms with van der Waals surface area (Å²) < 4.78 is 18.0. The number of hydrogen-bond donors (Lipinski definition) is 1. The van der Waals surface area contributed by atoms with E-state index in [-0.39, 0.29) is 5.82 Å². The van der Waals surface area contributed by atoms with Gasteiger partial charge in [0.2, 0.25) is 0 Å². The van der Waals surface area contributed by atoms with Gasteiger partial charge in [-0.25, -0.2) is 4.39 Å². The third kappa shape index (κ3) is 5.58. The highest BCUT2D eigenvalue weighted by Gasteiger charge is 2.09. The van der Waals surface area contributed by atoms with Crippen LogP contribution in [0, 0.1) is 5.82 Å². The number of halogens is 1. The van der Waals surface area contributed by atoms with Crippen molar-refractivity contribution in [3.8, 4) is 0 Å². The molecule has 0 aromatic heterocycles. The summed E-state index contributed by atoms with van der Waals surface area (Å²) in [5.41, 5.74) is 1.00. The first-order chi connectivity index (χ1) is 8.63. The van der Waals surface area contributed by atoms with Crippen LogP contribution in [-0.4, -0.2) is 44.8 Å². The smallest absolute Gasteiger partial charge is 0.123 e. The number of nitrogens with one attached hydrogen (secondary N) is 1. The number of ether oxygens (including phenoxy) is 1. The van der Waals surface area contributed by atoms with E-state index in [1.165, 1.54) is 6.07 Å². The summed E-state index contributed by atoms with van der Waals surface area (Å²) in [6, 6.07) is 7.15. The van der Waals surface area contributed by atoms with Crippen LogP contribution >= 0.6 is 0 Å². The molecule has 1 unspecified atom stereocenters. The molecule has 1 aromatic carbocycles. The fourth-order valence-corrected chi connectivity index (χ4v) is 1.72. The number of likely N-dealkylation sites (N-methyl/N-ethyl adjacent to an activating group) is 1. The fraction of sp³-hybridized carbons (Fsp3) is 0.571. The number of methoxy groups -OCH3 is 1. The molecular formula is C14H23FN2O. The van der Waals surface area contributed by atoms with Crippen molar-refractivity contribution in [3.05, 3.63) is 35.6 Å². The normalized spacial score (nSPS) is 12.9. The Hall–Kier alpha value is -0.970. The van der Waals surface area contributed by atoms with Crippen LogP contribution in [0.15, 0.2) is 24.3 Å². The van der Waals surface area contributed by atoms with Gasteiger partial charge in [0, 0.05) is 32.8 Å². The lowest BCUT2D eigenvalue weighted by molar-refractivity contribution is 0.191. The molecule has 18 heavy (non-hydrogen) atoms. The average Bonchev–Trinajstić information content (AvgIpc) is 2.34. The van der Waals surface area contributed by atoms with E-state index in [2.05, 4.69) is 17.1 Å². The van der Waals surface area contributed by atoms with Crippen molar-refractivity contribution in [3.63, 3.8) is 0 Å². The third-order valence-electron chi connectivity index (χ3n) is 3.00. The molecule has 0 fully saturated rings. The van der Waals surface area contributed by atoms with Gasteiger partial charge in [-0.05, 0) is 31.7 Å². The highest BCUT2D eigenvalue weighted by atomic mass is 19.1. The zero-order chi connectivity index (χ0) is 13.4. The molecule has 0 amide bonds. The van der Waals surface area contributed by atoms with Crippen molar-refractivity contribution in [2.45, 2.75) is 19.5 Å². The van der Waals surface area contributed by atoms with Gasteiger partial charge in [-0.1, -0.05) is 12.1 Å². The molecule has 0 aliphatic carbocycles. The molecule has 1 aromatic rings. The zero-order valence-corrected chi connectivity index (χ0v) is 11.4. The molecule has 0 aliphatic heterocycles. The number of hydrogen-bond acceptors (Lipinski definition) is 3. The second-order valence-corrected chi connectivity index (χ2v) is 4.59. The van der Waals surface area contributed by atoms with Gasteiger partial charge in [0.05, 0.1) is 6.61 Å². The van der Waals surface area contributed by atoms with Gasteiger partial charge in [0.15, 0.2) is 0 Å². The maximum absolute atomic E-state index is 13.1. The topological polar surface area (TPSA) is 24.5 Å². The van der Waals surface area contributed by atoms with Crippen LogP contribution in [0.1, 0.15) is 12.5 Å². The largest absolute Gasteiger partial charge is 0.383 e. The van der Waals surface area contributed by atoms with E-state index in [0.29, 0.717) is 6.04 Å². The minimum atomic E-state index is -0.174. The first kappa shape index (κ1) is 15.1. The quantitative estimate of drug-likeness (QED) is 0.717. The monoisotopic (exact) mass is 254 g/mol. The predicted molar refractivity (Wildman–Crippen MR) is 72.1 cm³/mol. The van der Waals surface area contributed by atoms with E-state index in [9.17, 15) is 4.39 Å². The van der Waals surface area contributed by atoms with Crippen LogP contribution in [0.3, 0.4) is 0 Å². The van der Waals surface area contributed by atoms with Crippen LogP contribution in [0.25, 0.3) is 0 Å². The SMILES string of the molecule is COCCNCC(C)N(C)Cc1cccc(F)c1. The minimum absolute atomic E-state index is 0.174. The van der Waals surface area contributed by atoms with E-state index < -0.39 is 0 Å². The maximum Gasteiger partial charge on any atom is 0.123 e. The van der Waals surface area contributed by atoms with Gasteiger partial charge in [-0.2, -0.15) is 0 Å². The lowest BCUT2D eigenvalue weighted by atomic mass is 10.2. The Bertz CT molecular complexity index is 346. The van der Waals surface area contributed by atoms with Crippen molar-refractivity contribution in [1.29, 1.82) is 0 Å². The fourth-order valence-electron chi connectivity index (χ4n) is 1.72. The molecule has 0 bridgehead atoms. The molecule has 102 valence electrons. The van der Waals surface area contributed by atoms with Crippen molar-refractivity contribution in [1.82, 2.24) is 10.2 Å². The summed E-state index contributed by atoms with van der Waals surface area (Å²) in [6.45, 7) is 5.38. The summed E-state index contributed by atoms with van der Waals surface area (Å²) in [5, 5.41) is 3.32. The van der Waals surface area contributed by atoms with Gasteiger partial charge in [0.1, 0.15) is 5.82 Å². The molecular weight excluding hydrogens is 231 g/mol. The van der Waals surface area contributed by atoms with Crippen LogP contribution in [0.5, 0.6) is 0 Å². The molecule has 1 N–H and O–H groups in total. The summed E-state index contributed by atoms with van der Waals surface area (Å²) in [4.78, 5) is 2.20. The molecule has 0 saturated heterocycles. The molecule has 0 aliphatic rings. The van der Waals surface area contributed by atoms with Gasteiger partial charge in [0.25, 0.3) is 0 Å². The molecule has 0 saturated carbocycles. The van der Waals surface area contributed by atoms with Crippen molar-refractivity contribution in [2.75, 3.05) is 33.9 Å². The highest BCUT2D eigenvalue weighted by molar-refractivity contribution is 5.16. The Kier molecular flexibility index (Phi) is 6.86. The van der Waals surface area contributed by atoms with Gasteiger partial charge >= 0.3 is 0 Å². The summed E-state index contributed by atoms with van der Waals surface area (Å²) in [6.07, 6.45) is 0. The molecule has 4 heteroatoms. The number of rotatable bonds is 8. The van der Waals surface area contributed by atoms with Crippen molar-refractivity contribution < 1.29 is 9.13 Å². The maximum atomic E-state index is 13.1. The van der Waals surface area contributed by atoms with E-state index in [1.807, 2.05) is 13.1 Å². The lowest BCUT2D eigenvalue weighted by Crippen LogP contribution is -2.38. The standard InChI is InChI=1S/C14H23FN2O/c1-12(10-16-7-8-18-3)17(2)11-13-5-4-6-14(15)9-13/h4-6,9,12,16H,7-8,10-11H2,1-3H3. The summed E-state index contributed by atoms with van der Waals surface area (Å²) in [5.74, 6) is -0.174. The Morgan fingerprint density at radius 3 is 2.89 bits per heavy atom. The van der Waals surface area contributed by atoms with Crippen LogP contribution < -0.4 is 5.32 Å². The molecule has 0 heterocycles. The van der Waals surface area contributed by atoms with Crippen LogP contribution in [0.4, 0.5) is 4.39 Å². The lowest BCUT2D eigenvalue weighted by Gasteiger charge is -2.25. The van der Waals surface area contributed by atoms with Crippen molar-refractivity contribution >= 4 is 0 Å². The molecule has 3 nitrogen and oxygen atoms in total. The summed E-state index contributed by atoms with van der Waals surface area (Å²) >= 11 is 0. The third-order valence-corrected chi connectivity index (χ3v) is 3.00. The number of benzene rings is 1. The molecule has 1 rings (SSSR count). The van der Waals surface area contributed by atoms with E-state index in [0.717, 1.165) is 31.8 Å². The van der Waals surface area contributed by atoms with Gasteiger partial charge in [-0.15, -0.1) is 0 Å². The Morgan fingerprint density at radius 2 is 2.22 bits per heavy atom. The molecule has 1 atom stereocenters. The summed E-state index contributed by atoms with van der Waals surface area (Å²) in [7, 11) is 3.74. The number of nitrogens with zero attached hydrogens (tertiary/aromatic N) is 1. The highest BCUT2D eigenvalue weighted by Crippen LogP contribution is 2.08. The first-order valence-corrected chi connectivity index (χ1v) is 6.28. The van der Waals surface area contributed by atoms with E-state index >= 15 is 0 Å². The van der Waals surface area contributed by atoms with Gasteiger partial charge < -0.3 is 10.1 Å². The van der Waals surface area contributed by atoms with E-state index in [4.69, 9.17) is 4.74 Å². The zero-order valence-electron chi connectivity index (χ0n) is 11.4. The van der Waals surface area contributed by atoms with E-state index in [1.54, 1.807) is 19.2 Å². The van der Waals surface area contributed by atoms with Crippen LogP contribution in [0.2, 0.25) is 0 Å². The molecule has 0 spiro atoms. The average molecular weight is 254 g/mol. The second-order valence-electron chi connectivity index (χ2n) is 4.59. The Morgan fingerprint density at radius 1 is 1.44 bits per heavy atom. The second kappa shape index (κ2) is 8.19. The predicted octanol–water partition coefficient (Wildman–Crippen LogP) is 1.88. The minimum Gasteiger partial charge on any atom is -0.383 e. The molecule has 0 radical (unpaired) electrons. The van der Waals surface area contributed by atoms with Gasteiger partial charge in [-0.3, -0.25) is 4.90 Å². The first-order valence-electron chi connectivity index (χ1n) is 6.28. The van der Waals surface area contributed by atoms with Crippen molar-refractivity contribution in [2.24, 2.45) is 0 Å². The van der Waals surface area contributed by atoms with Crippen LogP contribution in [-0.2, 0) is 11.3 Å². The Labute approximate surface area is 109 Å². The Balaban J connectivity index is 2.33.